The van der Waals surface area contributed by atoms with Crippen molar-refractivity contribution >= 4 is 10.0 Å². The van der Waals surface area contributed by atoms with Crippen LogP contribution in [0.5, 0.6) is 5.88 Å². The van der Waals surface area contributed by atoms with Crippen molar-refractivity contribution < 1.29 is 17.7 Å². The fourth-order valence-corrected chi connectivity index (χ4v) is 4.15. The van der Waals surface area contributed by atoms with Gasteiger partial charge < -0.3 is 9.26 Å². The summed E-state index contributed by atoms with van der Waals surface area (Å²) in [6.45, 7) is 3.59. The Bertz CT molecular complexity index is 859. The van der Waals surface area contributed by atoms with Gasteiger partial charge in [-0.2, -0.15) is 9.57 Å². The Hall–Kier alpha value is -2.44. The van der Waals surface area contributed by atoms with Crippen LogP contribution in [0.4, 0.5) is 0 Å². The van der Waals surface area contributed by atoms with Crippen LogP contribution in [0.25, 0.3) is 0 Å². The number of hydrogen-bond donors (Lipinski definition) is 0. The minimum atomic E-state index is -3.63. The van der Waals surface area contributed by atoms with Crippen LogP contribution in [0.1, 0.15) is 17.0 Å². The summed E-state index contributed by atoms with van der Waals surface area (Å²) < 4.78 is 36.9. The summed E-state index contributed by atoms with van der Waals surface area (Å²) in [5.74, 6) is 0.582. The average Bonchev–Trinajstić information content (AvgIpc) is 2.82. The summed E-state index contributed by atoms with van der Waals surface area (Å²) in [5.41, 5.74) is 0.782. The molecular formula is C14H14N4O4S. The van der Waals surface area contributed by atoms with Crippen LogP contribution in [0, 0.1) is 25.2 Å². The lowest BCUT2D eigenvalue weighted by Gasteiger charge is -2.37. The molecule has 0 unspecified atom stereocenters. The summed E-state index contributed by atoms with van der Waals surface area (Å²) in [5, 5.41) is 12.5. The molecule has 0 N–H and O–H groups in total. The minimum Gasteiger partial charge on any atom is -0.471 e. The molecule has 2 aromatic rings. The highest BCUT2D eigenvalue weighted by molar-refractivity contribution is 7.89. The Morgan fingerprint density at radius 3 is 2.78 bits per heavy atom. The predicted molar refractivity (Wildman–Crippen MR) is 78.1 cm³/mol. The van der Waals surface area contributed by atoms with Gasteiger partial charge in [0.15, 0.2) is 5.76 Å². The molecule has 3 rings (SSSR count). The number of aryl methyl sites for hydroxylation is 2. The topological polar surface area (TPSA) is 109 Å². The van der Waals surface area contributed by atoms with Crippen molar-refractivity contribution in [1.29, 1.82) is 5.26 Å². The third kappa shape index (κ3) is 2.78. The van der Waals surface area contributed by atoms with E-state index >= 15 is 0 Å². The summed E-state index contributed by atoms with van der Waals surface area (Å²) in [6.07, 6.45) is 1.18. The number of pyridine rings is 1. The number of ether oxygens (including phenoxy) is 1. The molecule has 3 heterocycles. The number of sulfonamides is 1. The van der Waals surface area contributed by atoms with Gasteiger partial charge in [0.2, 0.25) is 15.9 Å². The largest absolute Gasteiger partial charge is 0.471 e. The molecule has 0 radical (unpaired) electrons. The summed E-state index contributed by atoms with van der Waals surface area (Å²) in [6, 6.07) is 5.09. The van der Waals surface area contributed by atoms with Crippen molar-refractivity contribution in [2.24, 2.45) is 0 Å². The third-order valence-electron chi connectivity index (χ3n) is 3.53. The molecule has 0 aliphatic carbocycles. The van der Waals surface area contributed by atoms with E-state index in [1.165, 1.54) is 16.6 Å². The molecule has 0 bridgehead atoms. The van der Waals surface area contributed by atoms with Gasteiger partial charge in [0, 0.05) is 12.3 Å². The monoisotopic (exact) mass is 334 g/mol. The Balaban J connectivity index is 1.68. The van der Waals surface area contributed by atoms with Gasteiger partial charge >= 0.3 is 0 Å². The summed E-state index contributed by atoms with van der Waals surface area (Å²) in [7, 11) is -3.63. The average molecular weight is 334 g/mol. The number of hydrogen-bond acceptors (Lipinski definition) is 7. The number of aromatic nitrogens is 2. The first-order valence-electron chi connectivity index (χ1n) is 6.87. The van der Waals surface area contributed by atoms with Crippen LogP contribution in [0.2, 0.25) is 0 Å². The van der Waals surface area contributed by atoms with Gasteiger partial charge in [0.1, 0.15) is 16.7 Å². The second kappa shape index (κ2) is 5.64. The number of nitrogens with zero attached hydrogens (tertiary/aromatic N) is 4. The summed E-state index contributed by atoms with van der Waals surface area (Å²) >= 11 is 0. The normalized spacial score (nSPS) is 15.9. The molecule has 1 aliphatic rings. The Morgan fingerprint density at radius 2 is 2.17 bits per heavy atom. The quantitative estimate of drug-likeness (QED) is 0.820. The second-order valence-corrected chi connectivity index (χ2v) is 7.08. The first-order valence-corrected chi connectivity index (χ1v) is 8.31. The van der Waals surface area contributed by atoms with E-state index in [4.69, 9.17) is 14.5 Å². The van der Waals surface area contributed by atoms with E-state index < -0.39 is 10.0 Å². The molecule has 0 amide bonds. The van der Waals surface area contributed by atoms with Crippen LogP contribution >= 0.6 is 0 Å². The number of rotatable bonds is 4. The van der Waals surface area contributed by atoms with Gasteiger partial charge in [-0.1, -0.05) is 5.16 Å². The van der Waals surface area contributed by atoms with E-state index in [2.05, 4.69) is 10.1 Å². The molecule has 1 fully saturated rings. The Morgan fingerprint density at radius 1 is 1.43 bits per heavy atom. The predicted octanol–water partition coefficient (Wildman–Crippen LogP) is 1.01. The van der Waals surface area contributed by atoms with Crippen molar-refractivity contribution in [3.05, 3.63) is 35.3 Å². The first-order chi connectivity index (χ1) is 10.9. The second-order valence-electron chi connectivity index (χ2n) is 5.21. The van der Waals surface area contributed by atoms with E-state index in [1.54, 1.807) is 19.9 Å². The van der Waals surface area contributed by atoms with Crippen LogP contribution in [-0.2, 0) is 10.0 Å². The molecule has 0 aromatic carbocycles. The molecule has 1 aliphatic heterocycles. The smallest absolute Gasteiger partial charge is 0.248 e. The maximum atomic E-state index is 12.5. The van der Waals surface area contributed by atoms with Gasteiger partial charge in [0.05, 0.1) is 24.7 Å². The van der Waals surface area contributed by atoms with Crippen LogP contribution in [0.3, 0.4) is 0 Å². The fraction of sp³-hybridized carbons (Fsp3) is 0.357. The van der Waals surface area contributed by atoms with Crippen molar-refractivity contribution in [2.75, 3.05) is 13.1 Å². The zero-order chi connectivity index (χ0) is 16.6. The molecule has 0 atom stereocenters. The Labute approximate surface area is 133 Å². The third-order valence-corrected chi connectivity index (χ3v) is 5.61. The maximum absolute atomic E-state index is 12.5. The zero-order valence-electron chi connectivity index (χ0n) is 12.6. The van der Waals surface area contributed by atoms with E-state index in [-0.39, 0.29) is 29.8 Å². The highest BCUT2D eigenvalue weighted by Gasteiger charge is 2.41. The molecule has 120 valence electrons. The maximum Gasteiger partial charge on any atom is 0.248 e. The van der Waals surface area contributed by atoms with E-state index in [0.717, 1.165) is 0 Å². The van der Waals surface area contributed by atoms with Crippen LogP contribution in [0.15, 0.2) is 27.7 Å². The molecule has 1 saturated heterocycles. The van der Waals surface area contributed by atoms with Crippen molar-refractivity contribution in [1.82, 2.24) is 14.4 Å². The highest BCUT2D eigenvalue weighted by atomic mass is 32.2. The van der Waals surface area contributed by atoms with Gasteiger partial charge in [-0.3, -0.25) is 0 Å². The molecule has 0 saturated carbocycles. The molecule has 2 aromatic heterocycles. The zero-order valence-corrected chi connectivity index (χ0v) is 13.4. The summed E-state index contributed by atoms with van der Waals surface area (Å²) in [4.78, 5) is 4.12. The highest BCUT2D eigenvalue weighted by Crippen LogP contribution is 2.28. The molecular weight excluding hydrogens is 320 g/mol. The molecule has 23 heavy (non-hydrogen) atoms. The van der Waals surface area contributed by atoms with E-state index in [9.17, 15) is 8.42 Å². The van der Waals surface area contributed by atoms with Crippen molar-refractivity contribution in [2.45, 2.75) is 24.8 Å². The standard InChI is InChI=1S/C14H14N4O4S/c1-9-14(10(2)22-17-9)23(19,20)18-7-12(8-18)21-13-5-11(6-15)3-4-16-13/h3-5,12H,7-8H2,1-2H3. The molecule has 0 spiro atoms. The van der Waals surface area contributed by atoms with E-state index in [0.29, 0.717) is 17.1 Å². The Kier molecular flexibility index (Phi) is 3.79. The minimum absolute atomic E-state index is 0.112. The lowest BCUT2D eigenvalue weighted by atomic mass is 10.2. The molecule has 8 nitrogen and oxygen atoms in total. The van der Waals surface area contributed by atoms with Gasteiger partial charge in [-0.05, 0) is 19.9 Å². The van der Waals surface area contributed by atoms with Gasteiger partial charge in [-0.15, -0.1) is 0 Å². The van der Waals surface area contributed by atoms with Crippen LogP contribution < -0.4 is 4.74 Å². The van der Waals surface area contributed by atoms with E-state index in [1.807, 2.05) is 6.07 Å². The van der Waals surface area contributed by atoms with Crippen molar-refractivity contribution in [3.63, 3.8) is 0 Å². The lowest BCUT2D eigenvalue weighted by molar-refractivity contribution is 0.0720. The van der Waals surface area contributed by atoms with Gasteiger partial charge in [-0.25, -0.2) is 13.4 Å². The van der Waals surface area contributed by atoms with Crippen molar-refractivity contribution in [3.8, 4) is 11.9 Å². The molecule has 9 heteroatoms. The first kappa shape index (κ1) is 15.5. The number of nitriles is 1. The van der Waals surface area contributed by atoms with Crippen LogP contribution in [-0.4, -0.2) is 42.1 Å². The SMILES string of the molecule is Cc1noc(C)c1S(=O)(=O)N1CC(Oc2cc(C#N)ccn2)C1. The van der Waals surface area contributed by atoms with Gasteiger partial charge in [0.25, 0.3) is 0 Å². The fourth-order valence-electron chi connectivity index (χ4n) is 2.36. The lowest BCUT2D eigenvalue weighted by Crippen LogP contribution is -2.56.